The predicted molar refractivity (Wildman–Crippen MR) is 201 cm³/mol. The van der Waals surface area contributed by atoms with Gasteiger partial charge in [-0.2, -0.15) is 8.42 Å². The summed E-state index contributed by atoms with van der Waals surface area (Å²) >= 11 is 2.13. The quantitative estimate of drug-likeness (QED) is 0.0814. The number of amides is 3. The summed E-state index contributed by atoms with van der Waals surface area (Å²) in [4.78, 5) is 65.3. The normalized spacial score (nSPS) is 19.2. The van der Waals surface area contributed by atoms with Gasteiger partial charge in [0.25, 0.3) is 11.8 Å². The number of ether oxygens (including phenoxy) is 2. The minimum Gasteiger partial charge on any atom is -0.448 e. The molecule has 0 spiro atoms. The van der Waals surface area contributed by atoms with Crippen LogP contribution in [0, 0.1) is 0 Å². The summed E-state index contributed by atoms with van der Waals surface area (Å²) in [5.74, 6) is -2.90. The maximum Gasteiger partial charge on any atom is 0.413 e. The first-order chi connectivity index (χ1) is 25.7. The van der Waals surface area contributed by atoms with Gasteiger partial charge < -0.3 is 23.8 Å². The van der Waals surface area contributed by atoms with Gasteiger partial charge in [0, 0.05) is 5.38 Å². The van der Waals surface area contributed by atoms with Crippen molar-refractivity contribution in [2.45, 2.75) is 75.7 Å². The fourth-order valence-electron chi connectivity index (χ4n) is 5.94. The van der Waals surface area contributed by atoms with Crippen molar-refractivity contribution < 1.29 is 46.1 Å². The Bertz CT molecular complexity index is 2020. The molecule has 6 rings (SSSR count). The molecule has 3 heterocycles. The van der Waals surface area contributed by atoms with E-state index in [4.69, 9.17) is 18.5 Å². The van der Waals surface area contributed by atoms with Crippen LogP contribution in [0.25, 0.3) is 0 Å². The van der Waals surface area contributed by atoms with Gasteiger partial charge in [0.05, 0.1) is 12.0 Å². The molecule has 286 valence electrons. The van der Waals surface area contributed by atoms with E-state index in [2.05, 4.69) is 20.8 Å². The van der Waals surface area contributed by atoms with Crippen LogP contribution in [-0.2, 0) is 43.0 Å². The lowest BCUT2D eigenvalue weighted by molar-refractivity contribution is -0.154. The van der Waals surface area contributed by atoms with Crippen molar-refractivity contribution in [1.82, 2.24) is 15.2 Å². The molecule has 3 amide bonds. The van der Waals surface area contributed by atoms with Crippen LogP contribution in [0.4, 0.5) is 9.93 Å². The Morgan fingerprint density at radius 2 is 1.63 bits per heavy atom. The molecule has 18 heteroatoms. The van der Waals surface area contributed by atoms with Crippen LogP contribution < -0.4 is 10.6 Å². The molecule has 1 saturated heterocycles. The number of aromatic nitrogens is 1. The van der Waals surface area contributed by atoms with E-state index in [0.29, 0.717) is 11.1 Å². The van der Waals surface area contributed by atoms with Gasteiger partial charge in [0.1, 0.15) is 28.8 Å². The summed E-state index contributed by atoms with van der Waals surface area (Å²) in [5.41, 5.74) is 0.00881. The first-order valence-corrected chi connectivity index (χ1v) is 20.8. The highest BCUT2D eigenvalue weighted by molar-refractivity contribution is 8.00. The third kappa shape index (κ3) is 9.40. The number of fused-ring (bicyclic) bond motifs is 1. The Balaban J connectivity index is 1.24. The molecule has 0 radical (unpaired) electrons. The summed E-state index contributed by atoms with van der Waals surface area (Å²) in [7, 11) is -4.12. The molecule has 15 nitrogen and oxygen atoms in total. The number of nitrogens with zero attached hydrogens (tertiary/aromatic N) is 3. The SMILES string of the molecule is CC(C)(C)OC(=O)Nc1nc(/C(=N/OC2CCCC2)C(=O)NC2C(=O)N3C(C(=O)OC(c4ccccc4)c4ccccc4)=C(OS(C)(=O)=O)CS[C@@H]23)cs1. The van der Waals surface area contributed by atoms with Crippen LogP contribution >= 0.6 is 23.1 Å². The minimum absolute atomic E-state index is 0.0855. The summed E-state index contributed by atoms with van der Waals surface area (Å²) in [6.07, 6.45) is 2.41. The molecule has 1 aromatic heterocycles. The van der Waals surface area contributed by atoms with Gasteiger partial charge in [0.15, 0.2) is 28.4 Å². The van der Waals surface area contributed by atoms with E-state index in [1.54, 1.807) is 69.3 Å². The van der Waals surface area contributed by atoms with E-state index in [0.717, 1.165) is 59.9 Å². The van der Waals surface area contributed by atoms with Crippen LogP contribution in [-0.4, -0.2) is 83.0 Å². The first kappa shape index (κ1) is 38.8. The second kappa shape index (κ2) is 16.2. The van der Waals surface area contributed by atoms with Gasteiger partial charge in [0.2, 0.25) is 0 Å². The van der Waals surface area contributed by atoms with Crippen LogP contribution in [0.5, 0.6) is 0 Å². The van der Waals surface area contributed by atoms with E-state index in [1.807, 2.05) is 12.1 Å². The maximum absolute atomic E-state index is 14.0. The monoisotopic (exact) mass is 797 g/mol. The predicted octanol–water partition coefficient (Wildman–Crippen LogP) is 5.07. The van der Waals surface area contributed by atoms with Crippen LogP contribution in [0.2, 0.25) is 0 Å². The zero-order chi connectivity index (χ0) is 38.6. The molecule has 3 aliphatic rings. The number of benzene rings is 2. The van der Waals surface area contributed by atoms with Gasteiger partial charge in [-0.15, -0.1) is 23.1 Å². The number of thiazole rings is 1. The summed E-state index contributed by atoms with van der Waals surface area (Å²) in [5, 5.41) is 10.2. The van der Waals surface area contributed by atoms with E-state index < -0.39 is 57.1 Å². The van der Waals surface area contributed by atoms with Gasteiger partial charge in [-0.1, -0.05) is 65.8 Å². The second-order valence-electron chi connectivity index (χ2n) is 13.6. The molecule has 2 aliphatic heterocycles. The molecule has 0 bridgehead atoms. The Kier molecular flexibility index (Phi) is 11.6. The lowest BCUT2D eigenvalue weighted by Gasteiger charge is -2.49. The van der Waals surface area contributed by atoms with Crippen LogP contribution in [0.15, 0.2) is 82.7 Å². The van der Waals surface area contributed by atoms with Crippen molar-refractivity contribution in [3.63, 3.8) is 0 Å². The number of hydrogen-bond donors (Lipinski definition) is 2. The van der Waals surface area contributed by atoms with Crippen molar-refractivity contribution >= 4 is 67.9 Å². The number of esters is 1. The number of carbonyl (C=O) groups is 4. The Morgan fingerprint density at radius 3 is 2.22 bits per heavy atom. The van der Waals surface area contributed by atoms with Crippen molar-refractivity contribution in [3.05, 3.63) is 94.3 Å². The van der Waals surface area contributed by atoms with Gasteiger partial charge in [-0.25, -0.2) is 14.6 Å². The van der Waals surface area contributed by atoms with Crippen LogP contribution in [0.1, 0.15) is 69.4 Å². The number of oxime groups is 1. The van der Waals surface area contributed by atoms with E-state index in [9.17, 15) is 27.6 Å². The minimum atomic E-state index is -4.12. The van der Waals surface area contributed by atoms with Crippen LogP contribution in [0.3, 0.4) is 0 Å². The van der Waals surface area contributed by atoms with Gasteiger partial charge >= 0.3 is 22.2 Å². The fourth-order valence-corrected chi connectivity index (χ4v) is 8.45. The van der Waals surface area contributed by atoms with Gasteiger partial charge in [-0.05, 0) is 57.6 Å². The van der Waals surface area contributed by atoms with Gasteiger partial charge in [-0.3, -0.25) is 19.8 Å². The lowest BCUT2D eigenvalue weighted by Crippen LogP contribution is -2.71. The molecule has 2 aromatic carbocycles. The van der Waals surface area contributed by atoms with Crippen molar-refractivity contribution in [3.8, 4) is 0 Å². The Hall–Kier alpha value is -4.94. The molecule has 1 unspecified atom stereocenters. The zero-order valence-electron chi connectivity index (χ0n) is 29.8. The highest BCUT2D eigenvalue weighted by Crippen LogP contribution is 2.42. The second-order valence-corrected chi connectivity index (χ2v) is 17.2. The molecule has 2 atom stereocenters. The molecule has 3 aromatic rings. The average Bonchev–Trinajstić information content (AvgIpc) is 3.81. The molecular formula is C36H39N5O10S3. The topological polar surface area (TPSA) is 192 Å². The summed E-state index contributed by atoms with van der Waals surface area (Å²) < 4.78 is 41.1. The summed E-state index contributed by atoms with van der Waals surface area (Å²) in [6.45, 7) is 5.16. The molecule has 2 fully saturated rings. The number of nitrogens with one attached hydrogen (secondary N) is 2. The third-order valence-electron chi connectivity index (χ3n) is 8.26. The molecular weight excluding hydrogens is 759 g/mol. The maximum atomic E-state index is 14.0. The molecule has 1 aliphatic carbocycles. The fraction of sp³-hybridized carbons (Fsp3) is 0.389. The number of rotatable bonds is 12. The number of thioether (sulfide) groups is 1. The third-order valence-corrected chi connectivity index (χ3v) is 10.8. The molecule has 1 saturated carbocycles. The number of anilines is 1. The van der Waals surface area contributed by atoms with E-state index in [1.165, 1.54) is 5.38 Å². The van der Waals surface area contributed by atoms with Crippen molar-refractivity contribution in [2.24, 2.45) is 5.16 Å². The average molecular weight is 798 g/mol. The van der Waals surface area contributed by atoms with E-state index in [-0.39, 0.29) is 39.9 Å². The zero-order valence-corrected chi connectivity index (χ0v) is 32.3. The number of β-lactam (4-membered cyclic amide) rings is 1. The molecule has 54 heavy (non-hydrogen) atoms. The van der Waals surface area contributed by atoms with E-state index >= 15 is 0 Å². The molecule has 2 N–H and O–H groups in total. The highest BCUT2D eigenvalue weighted by Gasteiger charge is 2.56. The summed E-state index contributed by atoms with van der Waals surface area (Å²) in [6, 6.07) is 16.7. The number of hydrogen-bond acceptors (Lipinski definition) is 14. The highest BCUT2D eigenvalue weighted by atomic mass is 32.2. The smallest absolute Gasteiger partial charge is 0.413 e. The Labute approximate surface area is 320 Å². The largest absolute Gasteiger partial charge is 0.448 e. The first-order valence-electron chi connectivity index (χ1n) is 17.1. The number of carbonyl (C=O) groups excluding carboxylic acids is 4. The Morgan fingerprint density at radius 1 is 1.00 bits per heavy atom. The lowest BCUT2D eigenvalue weighted by atomic mass is 10.0. The standard InChI is InChI=1S/C36H39N5O10S3/c1-36(2,3)49-35(45)39-34-37-24(19-53-34)26(40-50-23-17-11-12-18-23)30(42)38-27-31(43)41-28(25(20-52-32(27)41)51-54(4,46)47)33(44)48-29(21-13-7-5-8-14-21)22-15-9-6-10-16-22/h5-10,13-16,19,23,27,29,32H,11-12,17-18,20H2,1-4H3,(H,38,42)(H,37,39,45)/b40-26-/t27?,32-/m0/s1. The van der Waals surface area contributed by atoms with Crippen molar-refractivity contribution in [1.29, 1.82) is 0 Å². The van der Waals surface area contributed by atoms with Crippen molar-refractivity contribution in [2.75, 3.05) is 17.3 Å².